The zero-order chi connectivity index (χ0) is 28.2. The Kier molecular flexibility index (Phi) is 8.40. The molecule has 0 aliphatic carbocycles. The number of nitrogens with zero attached hydrogens (tertiary/aromatic N) is 7. The molecule has 0 saturated carbocycles. The van der Waals surface area contributed by atoms with Crippen molar-refractivity contribution in [3.8, 4) is 11.8 Å². The Balaban J connectivity index is 1.46. The minimum Gasteiger partial charge on any atom is -0.496 e. The van der Waals surface area contributed by atoms with Gasteiger partial charge in [0.15, 0.2) is 0 Å². The van der Waals surface area contributed by atoms with E-state index in [0.29, 0.717) is 44.8 Å². The third-order valence-electron chi connectivity index (χ3n) is 8.46. The summed E-state index contributed by atoms with van der Waals surface area (Å²) in [5.74, 6) is 1.60. The van der Waals surface area contributed by atoms with Crippen LogP contribution >= 0.6 is 0 Å². The van der Waals surface area contributed by atoms with Crippen molar-refractivity contribution >= 4 is 17.4 Å². The van der Waals surface area contributed by atoms with Gasteiger partial charge in [-0.3, -0.25) is 4.79 Å². The first kappa shape index (κ1) is 27.7. The Bertz CT molecular complexity index is 1290. The van der Waals surface area contributed by atoms with Crippen LogP contribution in [0.3, 0.4) is 0 Å². The first-order valence-electron chi connectivity index (χ1n) is 14.1. The van der Waals surface area contributed by atoms with Crippen molar-refractivity contribution in [2.45, 2.75) is 44.8 Å². The molecule has 2 saturated heterocycles. The molecule has 1 aromatic heterocycles. The number of piperazine rings is 1. The SMILES string of the molecule is [C-]#[N+]C[C@H]1CN(c2nc(OC[C@@H]3CCCN3C)nc3c2CCN(c2cccc(OC)c2C)C3)CCN1C(=O)C=C. The quantitative estimate of drug-likeness (QED) is 0.370. The van der Waals surface area contributed by atoms with Gasteiger partial charge in [-0.2, -0.15) is 9.97 Å². The number of ether oxygens (including phenoxy) is 2. The summed E-state index contributed by atoms with van der Waals surface area (Å²) in [6, 6.07) is 6.66. The molecule has 1 amide bonds. The van der Waals surface area contributed by atoms with Crippen LogP contribution in [0.5, 0.6) is 11.8 Å². The number of aromatic nitrogens is 2. The van der Waals surface area contributed by atoms with Gasteiger partial charge in [-0.25, -0.2) is 6.57 Å². The normalized spacial score (nSPS) is 21.1. The van der Waals surface area contributed by atoms with Crippen LogP contribution in [0.25, 0.3) is 4.85 Å². The van der Waals surface area contributed by atoms with E-state index in [9.17, 15) is 4.79 Å². The molecule has 2 fully saturated rings. The van der Waals surface area contributed by atoms with Crippen LogP contribution in [0, 0.1) is 13.5 Å². The highest BCUT2D eigenvalue weighted by atomic mass is 16.5. The Morgan fingerprint density at radius 1 is 1.20 bits per heavy atom. The summed E-state index contributed by atoms with van der Waals surface area (Å²) in [4.78, 5) is 34.6. The fourth-order valence-corrected chi connectivity index (χ4v) is 6.16. The zero-order valence-corrected chi connectivity index (χ0v) is 23.8. The van der Waals surface area contributed by atoms with E-state index in [4.69, 9.17) is 26.0 Å². The summed E-state index contributed by atoms with van der Waals surface area (Å²) in [5, 5.41) is 0. The van der Waals surface area contributed by atoms with E-state index >= 15 is 0 Å². The zero-order valence-electron chi connectivity index (χ0n) is 23.8. The number of likely N-dealkylation sites (N-methyl/N-ethyl adjacent to an activating group) is 1. The molecule has 4 heterocycles. The Labute approximate surface area is 237 Å². The van der Waals surface area contributed by atoms with Crippen molar-refractivity contribution in [1.82, 2.24) is 19.8 Å². The topological polar surface area (TPSA) is 78.6 Å². The summed E-state index contributed by atoms with van der Waals surface area (Å²) in [6.45, 7) is 18.2. The molecule has 5 rings (SSSR count). The largest absolute Gasteiger partial charge is 0.496 e. The van der Waals surface area contributed by atoms with Gasteiger partial charge in [-0.1, -0.05) is 12.6 Å². The molecular formula is C30H39N7O3. The first-order chi connectivity index (χ1) is 19.4. The average Bonchev–Trinajstić information content (AvgIpc) is 3.39. The summed E-state index contributed by atoms with van der Waals surface area (Å²) in [7, 11) is 3.84. The predicted octanol–water partition coefficient (Wildman–Crippen LogP) is 2.95. The van der Waals surface area contributed by atoms with E-state index in [1.807, 2.05) is 12.1 Å². The monoisotopic (exact) mass is 545 g/mol. The molecular weight excluding hydrogens is 506 g/mol. The predicted molar refractivity (Wildman–Crippen MR) is 155 cm³/mol. The molecule has 3 aliphatic rings. The maximum atomic E-state index is 12.5. The maximum Gasteiger partial charge on any atom is 0.318 e. The molecule has 212 valence electrons. The van der Waals surface area contributed by atoms with Crippen LogP contribution in [0.2, 0.25) is 0 Å². The van der Waals surface area contributed by atoms with Crippen LogP contribution in [-0.4, -0.2) is 97.8 Å². The Morgan fingerprint density at radius 3 is 2.77 bits per heavy atom. The molecule has 3 aliphatic heterocycles. The van der Waals surface area contributed by atoms with Gasteiger partial charge in [0.2, 0.25) is 12.5 Å². The molecule has 10 nitrogen and oxygen atoms in total. The smallest absolute Gasteiger partial charge is 0.318 e. The molecule has 0 unspecified atom stereocenters. The standard InChI is InChI=1S/C30H39N7O3/c1-6-28(38)37-16-15-36(18-23(37)17-31-3)29-24-12-14-35(26-10-7-11-27(39-5)21(26)2)19-25(24)32-30(33-29)40-20-22-9-8-13-34(22)4/h6-7,10-11,22-23H,1,8-9,12-20H2,2,4-5H3/t22-,23-/m0/s1. The van der Waals surface area contributed by atoms with E-state index in [1.54, 1.807) is 12.0 Å². The highest BCUT2D eigenvalue weighted by Crippen LogP contribution is 2.35. The van der Waals surface area contributed by atoms with Crippen LogP contribution < -0.4 is 19.3 Å². The lowest BCUT2D eigenvalue weighted by Crippen LogP contribution is -2.56. The van der Waals surface area contributed by atoms with Gasteiger partial charge in [0.1, 0.15) is 24.2 Å². The van der Waals surface area contributed by atoms with Crippen molar-refractivity contribution in [3.63, 3.8) is 0 Å². The van der Waals surface area contributed by atoms with Crippen molar-refractivity contribution in [3.05, 3.63) is 59.1 Å². The third kappa shape index (κ3) is 5.56. The molecule has 40 heavy (non-hydrogen) atoms. The lowest BCUT2D eigenvalue weighted by Gasteiger charge is -2.41. The summed E-state index contributed by atoms with van der Waals surface area (Å²) >= 11 is 0. The fraction of sp³-hybridized carbons (Fsp3) is 0.533. The number of anilines is 2. The lowest BCUT2D eigenvalue weighted by molar-refractivity contribution is -0.128. The van der Waals surface area contributed by atoms with Gasteiger partial charge in [-0.15, -0.1) is 0 Å². The number of methoxy groups -OCH3 is 1. The van der Waals surface area contributed by atoms with E-state index in [1.165, 1.54) is 12.5 Å². The molecule has 2 atom stereocenters. The Hall–Kier alpha value is -3.84. The molecule has 2 aromatic rings. The van der Waals surface area contributed by atoms with Gasteiger partial charge in [0.25, 0.3) is 0 Å². The summed E-state index contributed by atoms with van der Waals surface area (Å²) < 4.78 is 11.8. The Morgan fingerprint density at radius 2 is 2.05 bits per heavy atom. The fourth-order valence-electron chi connectivity index (χ4n) is 6.16. The van der Waals surface area contributed by atoms with Gasteiger partial charge in [0.05, 0.1) is 19.3 Å². The number of rotatable bonds is 8. The lowest BCUT2D eigenvalue weighted by atomic mass is 10.0. The second-order valence-corrected chi connectivity index (χ2v) is 10.8. The van der Waals surface area contributed by atoms with Gasteiger partial charge >= 0.3 is 6.01 Å². The molecule has 0 radical (unpaired) electrons. The van der Waals surface area contributed by atoms with E-state index < -0.39 is 0 Å². The first-order valence-corrected chi connectivity index (χ1v) is 14.1. The van der Waals surface area contributed by atoms with E-state index in [2.05, 4.69) is 46.2 Å². The molecule has 0 bridgehead atoms. The van der Waals surface area contributed by atoms with Crippen LogP contribution in [0.4, 0.5) is 11.5 Å². The number of fused-ring (bicyclic) bond motifs is 1. The highest BCUT2D eigenvalue weighted by Gasteiger charge is 2.35. The number of hydrogen-bond donors (Lipinski definition) is 0. The van der Waals surface area contributed by atoms with Crippen LogP contribution in [-0.2, 0) is 17.8 Å². The minimum absolute atomic E-state index is 0.132. The summed E-state index contributed by atoms with van der Waals surface area (Å²) in [5.41, 5.74) is 4.31. The molecule has 1 aromatic carbocycles. The van der Waals surface area contributed by atoms with Gasteiger partial charge in [0, 0.05) is 49.0 Å². The number of amides is 1. The van der Waals surface area contributed by atoms with Gasteiger partial charge < -0.3 is 33.9 Å². The highest BCUT2D eigenvalue weighted by molar-refractivity contribution is 5.87. The van der Waals surface area contributed by atoms with E-state index in [-0.39, 0.29) is 18.5 Å². The molecule has 0 spiro atoms. The van der Waals surface area contributed by atoms with Crippen molar-refractivity contribution in [1.29, 1.82) is 0 Å². The number of carbonyl (C=O) groups is 1. The second kappa shape index (κ2) is 12.1. The van der Waals surface area contributed by atoms with E-state index in [0.717, 1.165) is 60.0 Å². The molecule has 0 N–H and O–H groups in total. The summed E-state index contributed by atoms with van der Waals surface area (Å²) in [6.07, 6.45) is 4.40. The number of hydrogen-bond acceptors (Lipinski definition) is 8. The molecule has 10 heteroatoms. The van der Waals surface area contributed by atoms with Crippen LogP contribution in [0.15, 0.2) is 30.9 Å². The van der Waals surface area contributed by atoms with Gasteiger partial charge in [-0.05, 0) is 58.0 Å². The second-order valence-electron chi connectivity index (χ2n) is 10.8. The minimum atomic E-state index is -0.224. The average molecular weight is 546 g/mol. The van der Waals surface area contributed by atoms with Crippen molar-refractivity contribution < 1.29 is 14.3 Å². The number of likely N-dealkylation sites (tertiary alicyclic amines) is 1. The number of carbonyl (C=O) groups excluding carboxylic acids is 1. The third-order valence-corrected chi connectivity index (χ3v) is 8.46. The van der Waals surface area contributed by atoms with Crippen molar-refractivity contribution in [2.24, 2.45) is 0 Å². The van der Waals surface area contributed by atoms with Crippen molar-refractivity contribution in [2.75, 3.05) is 69.8 Å². The maximum absolute atomic E-state index is 12.5. The van der Waals surface area contributed by atoms with Crippen LogP contribution in [0.1, 0.15) is 29.7 Å². The number of benzene rings is 1.